The number of aliphatic hydroxyl groups is 1. The number of carbonyl (C=O) groups is 1. The number of rotatable bonds is 10. The SMILES string of the molecule is CC(C)Oc1cc2c(C(=O)O)c(-c3ccc(Nc4ccc(F)cc4)cc3)oc2cc1N(CCO)S(C)(=O)=O. The van der Waals surface area contributed by atoms with Crippen LogP contribution in [0.1, 0.15) is 24.2 Å². The lowest BCUT2D eigenvalue weighted by Crippen LogP contribution is -2.33. The standard InChI is InChI=1S/C27H27FN2O7S/c1-16(2)36-24-14-21-23(15-22(24)30(12-13-31)38(3,34)35)37-26(25(21)27(32)33)17-4-8-19(9-5-17)29-20-10-6-18(28)7-11-20/h4-11,14-16,29,31H,12-13H2,1-3H3,(H,32,33). The van der Waals surface area contributed by atoms with Gasteiger partial charge < -0.3 is 24.7 Å². The molecular formula is C27H27FN2O7S. The largest absolute Gasteiger partial charge is 0.489 e. The van der Waals surface area contributed by atoms with Crippen LogP contribution in [-0.4, -0.2) is 50.1 Å². The van der Waals surface area contributed by atoms with E-state index in [0.29, 0.717) is 16.9 Å². The average Bonchev–Trinajstić information content (AvgIpc) is 3.21. The summed E-state index contributed by atoms with van der Waals surface area (Å²) in [5, 5.41) is 22.9. The van der Waals surface area contributed by atoms with Gasteiger partial charge in [0.15, 0.2) is 0 Å². The van der Waals surface area contributed by atoms with Gasteiger partial charge in [0.2, 0.25) is 10.0 Å². The molecule has 3 N–H and O–H groups in total. The van der Waals surface area contributed by atoms with Gasteiger partial charge in [0.1, 0.15) is 28.5 Å². The molecule has 0 fully saturated rings. The second-order valence-corrected chi connectivity index (χ2v) is 10.8. The predicted octanol–water partition coefficient (Wildman–Crippen LogP) is 5.23. The third-order valence-corrected chi connectivity index (χ3v) is 6.78. The number of carboxylic acids is 1. The van der Waals surface area contributed by atoms with Crippen LogP contribution in [0, 0.1) is 5.82 Å². The number of nitrogens with zero attached hydrogens (tertiary/aromatic N) is 1. The van der Waals surface area contributed by atoms with Crippen LogP contribution in [0.2, 0.25) is 0 Å². The van der Waals surface area contributed by atoms with Crippen LogP contribution in [-0.2, 0) is 10.0 Å². The molecule has 38 heavy (non-hydrogen) atoms. The fourth-order valence-corrected chi connectivity index (χ4v) is 4.94. The Hall–Kier alpha value is -4.09. The van der Waals surface area contributed by atoms with Crippen molar-refractivity contribution in [3.8, 4) is 17.1 Å². The number of halogens is 1. The van der Waals surface area contributed by atoms with E-state index in [-0.39, 0.29) is 52.2 Å². The summed E-state index contributed by atoms with van der Waals surface area (Å²) in [6, 6.07) is 15.5. The number of fused-ring (bicyclic) bond motifs is 1. The van der Waals surface area contributed by atoms with Crippen LogP contribution in [0.15, 0.2) is 65.1 Å². The van der Waals surface area contributed by atoms with E-state index in [1.807, 2.05) is 0 Å². The third kappa shape index (κ3) is 5.74. The minimum Gasteiger partial charge on any atom is -0.489 e. The van der Waals surface area contributed by atoms with Gasteiger partial charge in [-0.2, -0.15) is 0 Å². The zero-order chi connectivity index (χ0) is 27.6. The van der Waals surface area contributed by atoms with Crippen LogP contribution in [0.5, 0.6) is 5.75 Å². The van der Waals surface area contributed by atoms with Crippen molar-refractivity contribution in [2.75, 3.05) is 29.0 Å². The van der Waals surface area contributed by atoms with Gasteiger partial charge in [-0.05, 0) is 68.4 Å². The number of benzene rings is 3. The highest BCUT2D eigenvalue weighted by Crippen LogP contribution is 2.41. The Labute approximate surface area is 219 Å². The van der Waals surface area contributed by atoms with Crippen molar-refractivity contribution < 1.29 is 37.0 Å². The molecule has 0 spiro atoms. The smallest absolute Gasteiger partial charge is 0.340 e. The molecule has 3 aromatic carbocycles. The number of aromatic carboxylic acids is 1. The highest BCUT2D eigenvalue weighted by molar-refractivity contribution is 7.92. The molecule has 0 aliphatic carbocycles. The fourth-order valence-electron chi connectivity index (χ4n) is 4.03. The summed E-state index contributed by atoms with van der Waals surface area (Å²) in [5.74, 6) is -1.36. The summed E-state index contributed by atoms with van der Waals surface area (Å²) in [6.07, 6.45) is 0.659. The van der Waals surface area contributed by atoms with Crippen molar-refractivity contribution in [2.24, 2.45) is 0 Å². The van der Waals surface area contributed by atoms with E-state index < -0.39 is 22.6 Å². The number of furan rings is 1. The summed E-state index contributed by atoms with van der Waals surface area (Å²) in [4.78, 5) is 12.3. The Bertz CT molecular complexity index is 1560. The molecule has 0 radical (unpaired) electrons. The normalized spacial score (nSPS) is 11.6. The van der Waals surface area contributed by atoms with E-state index in [0.717, 1.165) is 10.6 Å². The number of sulfonamides is 1. The van der Waals surface area contributed by atoms with Gasteiger partial charge in [-0.25, -0.2) is 17.6 Å². The van der Waals surface area contributed by atoms with E-state index in [1.54, 1.807) is 50.2 Å². The first-order chi connectivity index (χ1) is 18.0. The van der Waals surface area contributed by atoms with E-state index in [9.17, 15) is 27.8 Å². The van der Waals surface area contributed by atoms with Crippen LogP contribution in [0.4, 0.5) is 21.5 Å². The molecule has 0 aliphatic rings. The molecule has 4 rings (SSSR count). The van der Waals surface area contributed by atoms with Crippen LogP contribution in [0.3, 0.4) is 0 Å². The molecule has 9 nitrogen and oxygen atoms in total. The van der Waals surface area contributed by atoms with Gasteiger partial charge in [-0.3, -0.25) is 4.31 Å². The number of carboxylic acid groups (broad SMARTS) is 1. The number of nitrogens with one attached hydrogen (secondary N) is 1. The quantitative estimate of drug-likeness (QED) is 0.249. The first-order valence-corrected chi connectivity index (χ1v) is 13.5. The fraction of sp³-hybridized carbons (Fsp3) is 0.222. The van der Waals surface area contributed by atoms with Crippen LogP contribution in [0.25, 0.3) is 22.3 Å². The molecule has 1 heterocycles. The summed E-state index contributed by atoms with van der Waals surface area (Å²) >= 11 is 0. The molecule has 200 valence electrons. The minimum absolute atomic E-state index is 0.0848. The predicted molar refractivity (Wildman–Crippen MR) is 143 cm³/mol. The molecule has 1 aromatic heterocycles. The number of aliphatic hydroxyl groups excluding tert-OH is 1. The Kier molecular flexibility index (Phi) is 7.61. The van der Waals surface area contributed by atoms with Gasteiger partial charge in [0.25, 0.3) is 0 Å². The van der Waals surface area contributed by atoms with E-state index >= 15 is 0 Å². The van der Waals surface area contributed by atoms with Crippen molar-refractivity contribution in [2.45, 2.75) is 20.0 Å². The Morgan fingerprint density at radius 2 is 1.68 bits per heavy atom. The first kappa shape index (κ1) is 27.0. The van der Waals surface area contributed by atoms with Crippen molar-refractivity contribution in [1.29, 1.82) is 0 Å². The molecular weight excluding hydrogens is 515 g/mol. The molecule has 11 heteroatoms. The van der Waals surface area contributed by atoms with E-state index in [1.165, 1.54) is 24.3 Å². The Morgan fingerprint density at radius 3 is 2.21 bits per heavy atom. The minimum atomic E-state index is -3.80. The molecule has 4 aromatic rings. The Morgan fingerprint density at radius 1 is 1.08 bits per heavy atom. The van der Waals surface area contributed by atoms with Gasteiger partial charge in [0, 0.05) is 28.4 Å². The maximum Gasteiger partial charge on any atom is 0.340 e. The molecule has 0 amide bonds. The van der Waals surface area contributed by atoms with Gasteiger partial charge in [0.05, 0.1) is 31.2 Å². The summed E-state index contributed by atoms with van der Waals surface area (Å²) in [6.45, 7) is 2.85. The summed E-state index contributed by atoms with van der Waals surface area (Å²) in [5.41, 5.74) is 2.01. The maximum atomic E-state index is 13.2. The molecule has 0 atom stereocenters. The lowest BCUT2D eigenvalue weighted by molar-refractivity contribution is 0.0699. The number of hydrogen-bond acceptors (Lipinski definition) is 7. The summed E-state index contributed by atoms with van der Waals surface area (Å²) < 4.78 is 51.0. The van der Waals surface area contributed by atoms with Crippen molar-refractivity contribution in [1.82, 2.24) is 0 Å². The number of hydrogen-bond donors (Lipinski definition) is 3. The molecule has 0 saturated carbocycles. The second-order valence-electron chi connectivity index (χ2n) is 8.86. The zero-order valence-corrected chi connectivity index (χ0v) is 21.8. The van der Waals surface area contributed by atoms with Crippen LogP contribution >= 0.6 is 0 Å². The van der Waals surface area contributed by atoms with Gasteiger partial charge >= 0.3 is 5.97 Å². The number of anilines is 3. The van der Waals surface area contributed by atoms with Crippen molar-refractivity contribution in [3.05, 3.63) is 72.0 Å². The molecule has 0 unspecified atom stereocenters. The molecule has 0 bridgehead atoms. The first-order valence-electron chi connectivity index (χ1n) is 11.7. The van der Waals surface area contributed by atoms with Crippen molar-refractivity contribution in [3.63, 3.8) is 0 Å². The van der Waals surface area contributed by atoms with Gasteiger partial charge in [-0.1, -0.05) is 0 Å². The monoisotopic (exact) mass is 542 g/mol. The lowest BCUT2D eigenvalue weighted by atomic mass is 10.0. The maximum absolute atomic E-state index is 13.2. The third-order valence-electron chi connectivity index (χ3n) is 5.60. The van der Waals surface area contributed by atoms with Crippen molar-refractivity contribution >= 4 is 44.0 Å². The van der Waals surface area contributed by atoms with Crippen LogP contribution < -0.4 is 14.4 Å². The second kappa shape index (κ2) is 10.7. The highest BCUT2D eigenvalue weighted by atomic mass is 32.2. The average molecular weight is 543 g/mol. The Balaban J connectivity index is 1.82. The topological polar surface area (TPSA) is 129 Å². The molecule has 0 saturated heterocycles. The van der Waals surface area contributed by atoms with E-state index in [4.69, 9.17) is 9.15 Å². The molecule has 0 aliphatic heterocycles. The van der Waals surface area contributed by atoms with Gasteiger partial charge in [-0.15, -0.1) is 0 Å². The zero-order valence-electron chi connectivity index (χ0n) is 20.9. The lowest BCUT2D eigenvalue weighted by Gasteiger charge is -2.24. The van der Waals surface area contributed by atoms with E-state index in [2.05, 4.69) is 5.32 Å². The highest BCUT2D eigenvalue weighted by Gasteiger charge is 2.27. The summed E-state index contributed by atoms with van der Waals surface area (Å²) in [7, 11) is -3.80. The number of ether oxygens (including phenoxy) is 1.